The van der Waals surface area contributed by atoms with E-state index in [1.807, 2.05) is 25.1 Å². The molecule has 2 aliphatic heterocycles. The Labute approximate surface area is 170 Å². The summed E-state index contributed by atoms with van der Waals surface area (Å²) in [5.41, 5.74) is 2.46. The number of hydrogen-bond donors (Lipinski definition) is 2. The number of benzene rings is 2. The summed E-state index contributed by atoms with van der Waals surface area (Å²) in [5, 5.41) is 6.66. The van der Waals surface area contributed by atoms with Crippen molar-refractivity contribution in [3.8, 4) is 11.5 Å². The Kier molecular flexibility index (Phi) is 4.82. The van der Waals surface area contributed by atoms with Gasteiger partial charge in [0.25, 0.3) is 11.8 Å². The Bertz CT molecular complexity index is 942. The summed E-state index contributed by atoms with van der Waals surface area (Å²) < 4.78 is 10.8. The van der Waals surface area contributed by atoms with Crippen LogP contribution in [0, 0.1) is 6.92 Å². The molecular formula is C22H25N3O4. The van der Waals surface area contributed by atoms with Crippen LogP contribution in [0.4, 0.5) is 5.69 Å². The molecule has 2 aliphatic rings. The number of nitrogens with zero attached hydrogens (tertiary/aromatic N) is 1. The number of piperidine rings is 1. The fraction of sp³-hybridized carbons (Fsp3) is 0.364. The molecule has 7 nitrogen and oxygen atoms in total. The lowest BCUT2D eigenvalue weighted by atomic mass is 9.91. The zero-order chi connectivity index (χ0) is 20.6. The minimum Gasteiger partial charge on any atom is -0.496 e. The van der Waals surface area contributed by atoms with Crippen molar-refractivity contribution in [2.75, 3.05) is 32.6 Å². The molecule has 0 radical (unpaired) electrons. The number of carbonyl (C=O) groups is 2. The summed E-state index contributed by atoms with van der Waals surface area (Å²) in [5.74, 6) is 0.771. The summed E-state index contributed by atoms with van der Waals surface area (Å²) in [4.78, 5) is 27.6. The van der Waals surface area contributed by atoms with Gasteiger partial charge in [0, 0.05) is 25.9 Å². The Balaban J connectivity index is 1.54. The summed E-state index contributed by atoms with van der Waals surface area (Å²) in [6, 6.07) is 11.0. The van der Waals surface area contributed by atoms with Crippen molar-refractivity contribution >= 4 is 17.5 Å². The summed E-state index contributed by atoms with van der Waals surface area (Å²) in [7, 11) is 3.08. The van der Waals surface area contributed by atoms with E-state index >= 15 is 0 Å². The van der Waals surface area contributed by atoms with Crippen molar-refractivity contribution in [2.45, 2.75) is 25.4 Å². The number of hydrogen-bond acceptors (Lipinski definition) is 5. The average molecular weight is 395 g/mol. The van der Waals surface area contributed by atoms with Gasteiger partial charge in [0.05, 0.1) is 25.5 Å². The van der Waals surface area contributed by atoms with Crippen LogP contribution in [-0.2, 0) is 0 Å². The molecule has 29 heavy (non-hydrogen) atoms. The largest absolute Gasteiger partial charge is 0.496 e. The number of fused-ring (bicyclic) bond motifs is 1. The third-order valence-corrected chi connectivity index (χ3v) is 5.78. The molecule has 0 atom stereocenters. The molecule has 152 valence electrons. The molecule has 4 rings (SSSR count). The highest BCUT2D eigenvalue weighted by molar-refractivity contribution is 6.03. The van der Waals surface area contributed by atoms with E-state index in [4.69, 9.17) is 9.47 Å². The van der Waals surface area contributed by atoms with E-state index in [1.165, 1.54) is 14.2 Å². The molecule has 2 aromatic rings. The average Bonchev–Trinajstić information content (AvgIpc) is 2.74. The highest BCUT2D eigenvalue weighted by Gasteiger charge is 2.42. The van der Waals surface area contributed by atoms with E-state index in [1.54, 1.807) is 23.1 Å². The summed E-state index contributed by atoms with van der Waals surface area (Å²) in [6.07, 6.45) is 1.21. The summed E-state index contributed by atoms with van der Waals surface area (Å²) in [6.45, 7) is 3.01. The lowest BCUT2D eigenvalue weighted by molar-refractivity contribution is 0.0634. The third-order valence-electron chi connectivity index (χ3n) is 5.78. The normalized spacial score (nSPS) is 17.2. The van der Waals surface area contributed by atoms with Gasteiger partial charge in [0.15, 0.2) is 0 Å². The van der Waals surface area contributed by atoms with Gasteiger partial charge >= 0.3 is 0 Å². The summed E-state index contributed by atoms with van der Waals surface area (Å²) >= 11 is 0. The van der Waals surface area contributed by atoms with Crippen molar-refractivity contribution < 1.29 is 19.1 Å². The van der Waals surface area contributed by atoms with Crippen LogP contribution in [0.25, 0.3) is 0 Å². The van der Waals surface area contributed by atoms with Crippen LogP contribution in [0.3, 0.4) is 0 Å². The molecule has 2 heterocycles. The number of carbonyl (C=O) groups excluding carboxylic acids is 2. The molecule has 1 spiro atoms. The second-order valence-corrected chi connectivity index (χ2v) is 7.49. The van der Waals surface area contributed by atoms with Crippen LogP contribution in [0.5, 0.6) is 11.5 Å². The van der Waals surface area contributed by atoms with Crippen LogP contribution in [0.2, 0.25) is 0 Å². The van der Waals surface area contributed by atoms with Gasteiger partial charge in [-0.2, -0.15) is 0 Å². The Morgan fingerprint density at radius 1 is 1.00 bits per heavy atom. The van der Waals surface area contributed by atoms with Crippen LogP contribution in [0.15, 0.2) is 36.4 Å². The van der Waals surface area contributed by atoms with Crippen LogP contribution < -0.4 is 20.1 Å². The first-order chi connectivity index (χ1) is 14.0. The topological polar surface area (TPSA) is 79.9 Å². The van der Waals surface area contributed by atoms with E-state index in [-0.39, 0.29) is 11.8 Å². The maximum absolute atomic E-state index is 13.2. The van der Waals surface area contributed by atoms with Gasteiger partial charge in [0.2, 0.25) is 0 Å². The van der Waals surface area contributed by atoms with Gasteiger partial charge in [-0.15, -0.1) is 0 Å². The van der Waals surface area contributed by atoms with Crippen LogP contribution in [-0.4, -0.2) is 49.7 Å². The predicted molar refractivity (Wildman–Crippen MR) is 110 cm³/mol. The maximum atomic E-state index is 13.2. The molecule has 0 saturated carbocycles. The second kappa shape index (κ2) is 7.31. The van der Waals surface area contributed by atoms with Crippen molar-refractivity contribution in [1.29, 1.82) is 0 Å². The van der Waals surface area contributed by atoms with E-state index in [0.29, 0.717) is 48.6 Å². The van der Waals surface area contributed by atoms with Crippen molar-refractivity contribution in [2.24, 2.45) is 0 Å². The molecule has 7 heteroatoms. The lowest BCUT2D eigenvalue weighted by Crippen LogP contribution is -2.62. The monoisotopic (exact) mass is 395 g/mol. The van der Waals surface area contributed by atoms with Gasteiger partial charge in [-0.1, -0.05) is 18.2 Å². The first kappa shape index (κ1) is 19.1. The fourth-order valence-corrected chi connectivity index (χ4v) is 4.14. The molecule has 0 bridgehead atoms. The molecule has 1 fully saturated rings. The minimum atomic E-state index is -0.544. The van der Waals surface area contributed by atoms with Crippen molar-refractivity contribution in [3.63, 3.8) is 0 Å². The van der Waals surface area contributed by atoms with Crippen molar-refractivity contribution in [1.82, 2.24) is 10.2 Å². The molecule has 0 aliphatic carbocycles. The van der Waals surface area contributed by atoms with Gasteiger partial charge in [0.1, 0.15) is 22.7 Å². The number of anilines is 1. The van der Waals surface area contributed by atoms with Gasteiger partial charge in [-0.3, -0.25) is 9.59 Å². The first-order valence-electron chi connectivity index (χ1n) is 9.68. The molecule has 2 N–H and O–H groups in total. The zero-order valence-electron chi connectivity index (χ0n) is 16.9. The molecule has 1 saturated heterocycles. The number of nitrogens with one attached hydrogen (secondary N) is 2. The Hall–Kier alpha value is -3.22. The Morgan fingerprint density at radius 2 is 1.62 bits per heavy atom. The molecular weight excluding hydrogens is 370 g/mol. The maximum Gasteiger partial charge on any atom is 0.261 e. The van der Waals surface area contributed by atoms with E-state index in [2.05, 4.69) is 10.6 Å². The number of methoxy groups -OCH3 is 2. The van der Waals surface area contributed by atoms with Crippen LogP contribution >= 0.6 is 0 Å². The first-order valence-corrected chi connectivity index (χ1v) is 9.68. The van der Waals surface area contributed by atoms with Gasteiger partial charge < -0.3 is 25.0 Å². The highest BCUT2D eigenvalue weighted by atomic mass is 16.5. The number of likely N-dealkylation sites (tertiary alicyclic amines) is 1. The molecule has 0 unspecified atom stereocenters. The fourth-order valence-electron chi connectivity index (χ4n) is 4.14. The zero-order valence-corrected chi connectivity index (χ0v) is 16.9. The number of ether oxygens (including phenoxy) is 2. The number of amides is 2. The highest BCUT2D eigenvalue weighted by Crippen LogP contribution is 2.35. The van der Waals surface area contributed by atoms with E-state index < -0.39 is 5.66 Å². The second-order valence-electron chi connectivity index (χ2n) is 7.49. The smallest absolute Gasteiger partial charge is 0.261 e. The predicted octanol–water partition coefficient (Wildman–Crippen LogP) is 2.80. The lowest BCUT2D eigenvalue weighted by Gasteiger charge is -2.46. The van der Waals surface area contributed by atoms with E-state index in [0.717, 1.165) is 11.3 Å². The molecule has 0 aromatic heterocycles. The SMILES string of the molecule is COc1cccc(OC)c1C(=O)N1CCC2(CC1)NC(=O)c1cccc(C)c1N2. The standard InChI is InChI=1S/C22H25N3O4/c1-14-6-4-7-15-19(14)23-22(24-20(15)26)10-12-25(13-11-22)21(27)18-16(28-2)8-5-9-17(18)29-3/h4-9,23H,10-13H2,1-3H3,(H,24,26). The van der Waals surface area contributed by atoms with Crippen molar-refractivity contribution in [3.05, 3.63) is 53.1 Å². The third kappa shape index (κ3) is 3.26. The Morgan fingerprint density at radius 3 is 2.24 bits per heavy atom. The number of rotatable bonds is 3. The minimum absolute atomic E-state index is 0.0753. The molecule has 2 amide bonds. The van der Waals surface area contributed by atoms with Crippen LogP contribution in [0.1, 0.15) is 39.1 Å². The van der Waals surface area contributed by atoms with Gasteiger partial charge in [-0.25, -0.2) is 0 Å². The number of aryl methyl sites for hydroxylation is 1. The molecule has 2 aromatic carbocycles. The number of para-hydroxylation sites is 1. The quantitative estimate of drug-likeness (QED) is 0.835. The van der Waals surface area contributed by atoms with E-state index in [9.17, 15) is 9.59 Å². The van der Waals surface area contributed by atoms with Gasteiger partial charge in [-0.05, 0) is 30.7 Å².